The second kappa shape index (κ2) is 6.90. The minimum atomic E-state index is -2.52. The summed E-state index contributed by atoms with van der Waals surface area (Å²) in [5.41, 5.74) is 0. The van der Waals surface area contributed by atoms with Gasteiger partial charge in [0, 0.05) is 6.54 Å². The van der Waals surface area contributed by atoms with Gasteiger partial charge >= 0.3 is 5.97 Å². The Morgan fingerprint density at radius 1 is 1.48 bits per heavy atom. The van der Waals surface area contributed by atoms with Crippen molar-refractivity contribution in [3.63, 3.8) is 0 Å². The molecule has 1 aliphatic heterocycles. The summed E-state index contributed by atoms with van der Waals surface area (Å²) in [5, 5.41) is 9.06. The van der Waals surface area contributed by atoms with Crippen LogP contribution in [-0.4, -0.2) is 53.4 Å². The molecule has 1 N–H and O–H groups in total. The number of carboxylic acid groups (broad SMARTS) is 1. The number of hydrogen-bond donors (Lipinski definition) is 1. The zero-order valence-corrected chi connectivity index (χ0v) is 11.6. The number of carbonyl (C=O) groups is 2. The monoisotopic (exact) mass is 321 g/mol. The lowest BCUT2D eigenvalue weighted by atomic mass is 10.2. The first-order chi connectivity index (χ1) is 9.99. The van der Waals surface area contributed by atoms with Gasteiger partial charge in [0.2, 0.25) is 0 Å². The third-order valence-corrected chi connectivity index (χ3v) is 3.60. The van der Waals surface area contributed by atoms with Crippen molar-refractivity contribution in [3.8, 4) is 0 Å². The molecule has 1 saturated heterocycles. The van der Waals surface area contributed by atoms with Gasteiger partial charge in [-0.2, -0.15) is 8.78 Å². The predicted octanol–water partition coefficient (Wildman–Crippen LogP) is 1.66. The van der Waals surface area contributed by atoms with Crippen molar-refractivity contribution < 1.29 is 32.6 Å². The Kier molecular flexibility index (Phi) is 5.18. The molecule has 1 unspecified atom stereocenters. The van der Waals surface area contributed by atoms with Crippen molar-refractivity contribution in [2.24, 2.45) is 0 Å². The molecule has 6 nitrogen and oxygen atoms in total. The molecule has 21 heavy (non-hydrogen) atoms. The topological polar surface area (TPSA) is 80.0 Å². The fourth-order valence-corrected chi connectivity index (χ4v) is 2.35. The van der Waals surface area contributed by atoms with Gasteiger partial charge in [-0.1, -0.05) is 11.8 Å². The molecule has 0 spiro atoms. The molecule has 1 aromatic rings. The Bertz CT molecular complexity index is 522. The smallest absolute Gasteiger partial charge is 0.328 e. The fraction of sp³-hybridized carbons (Fsp3) is 0.500. The third kappa shape index (κ3) is 3.94. The van der Waals surface area contributed by atoms with Crippen LogP contribution in [0.1, 0.15) is 16.3 Å². The van der Waals surface area contributed by atoms with Gasteiger partial charge in [-0.05, 0) is 12.1 Å². The zero-order chi connectivity index (χ0) is 15.4. The number of morpholine rings is 1. The highest BCUT2D eigenvalue weighted by Gasteiger charge is 2.34. The maximum Gasteiger partial charge on any atom is 0.328 e. The molecule has 116 valence electrons. The summed E-state index contributed by atoms with van der Waals surface area (Å²) < 4.78 is 34.4. The molecule has 0 aromatic carbocycles. The first kappa shape index (κ1) is 15.8. The number of nitrogens with zero attached hydrogens (tertiary/aromatic N) is 1. The van der Waals surface area contributed by atoms with E-state index < -0.39 is 23.7 Å². The largest absolute Gasteiger partial charge is 0.480 e. The number of aliphatic carboxylic acids is 1. The van der Waals surface area contributed by atoms with Crippen molar-refractivity contribution in [3.05, 3.63) is 23.7 Å². The van der Waals surface area contributed by atoms with E-state index in [9.17, 15) is 18.4 Å². The highest BCUT2D eigenvalue weighted by atomic mass is 32.2. The molecule has 1 aliphatic rings. The van der Waals surface area contributed by atoms with E-state index in [1.54, 1.807) is 0 Å². The Balaban J connectivity index is 2.06. The second-order valence-electron chi connectivity index (χ2n) is 4.27. The normalized spacial score (nSPS) is 19.0. The van der Waals surface area contributed by atoms with Crippen LogP contribution < -0.4 is 0 Å². The van der Waals surface area contributed by atoms with Gasteiger partial charge in [0.25, 0.3) is 11.7 Å². The summed E-state index contributed by atoms with van der Waals surface area (Å²) in [7, 11) is 0. The minimum Gasteiger partial charge on any atom is -0.480 e. The molecule has 2 heterocycles. The lowest BCUT2D eigenvalue weighted by Crippen LogP contribution is -2.52. The van der Waals surface area contributed by atoms with Crippen molar-refractivity contribution >= 4 is 23.6 Å². The van der Waals surface area contributed by atoms with E-state index in [0.29, 0.717) is 11.8 Å². The van der Waals surface area contributed by atoms with Crippen LogP contribution >= 0.6 is 11.8 Å². The van der Waals surface area contributed by atoms with Crippen molar-refractivity contribution in [2.45, 2.75) is 17.6 Å². The molecular weight excluding hydrogens is 308 g/mol. The van der Waals surface area contributed by atoms with Gasteiger partial charge in [0.05, 0.1) is 19.0 Å². The number of hydrogen-bond acceptors (Lipinski definition) is 5. The molecular formula is C12H13F2NO5S. The summed E-state index contributed by atoms with van der Waals surface area (Å²) in [4.78, 5) is 24.5. The molecule has 0 aliphatic carbocycles. The minimum absolute atomic E-state index is 0.0591. The number of thioether (sulfide) groups is 1. The Morgan fingerprint density at radius 2 is 2.24 bits per heavy atom. The molecule has 9 heteroatoms. The van der Waals surface area contributed by atoms with Crippen LogP contribution in [0.4, 0.5) is 8.78 Å². The number of halogens is 2. The lowest BCUT2D eigenvalue weighted by Gasteiger charge is -2.32. The molecule has 0 radical (unpaired) electrons. The Morgan fingerprint density at radius 3 is 2.90 bits per heavy atom. The highest BCUT2D eigenvalue weighted by molar-refractivity contribution is 7.98. The van der Waals surface area contributed by atoms with Gasteiger partial charge < -0.3 is 19.2 Å². The summed E-state index contributed by atoms with van der Waals surface area (Å²) in [6.07, 6.45) is 0. The predicted molar refractivity (Wildman–Crippen MR) is 69.3 cm³/mol. The molecule has 1 amide bonds. The van der Waals surface area contributed by atoms with Crippen molar-refractivity contribution in [1.29, 1.82) is 0 Å². The average Bonchev–Trinajstić information content (AvgIpc) is 2.93. The molecule has 1 atom stereocenters. The van der Waals surface area contributed by atoms with Crippen LogP contribution in [0.5, 0.6) is 0 Å². The summed E-state index contributed by atoms with van der Waals surface area (Å²) in [6.45, 7) is 0.289. The van der Waals surface area contributed by atoms with Crippen LogP contribution in [0, 0.1) is 0 Å². The average molecular weight is 321 g/mol. The summed E-state index contributed by atoms with van der Waals surface area (Å²) >= 11 is 0.384. The van der Waals surface area contributed by atoms with Crippen molar-refractivity contribution in [1.82, 2.24) is 4.90 Å². The SMILES string of the molecule is O=C(O)C1COCCN1C(=O)c1ccc(CSC(F)F)o1. The molecule has 2 rings (SSSR count). The molecule has 0 saturated carbocycles. The maximum atomic E-state index is 12.2. The van der Waals surface area contributed by atoms with Crippen LogP contribution in [0.3, 0.4) is 0 Å². The van der Waals surface area contributed by atoms with Crippen LogP contribution in [-0.2, 0) is 15.3 Å². The quantitative estimate of drug-likeness (QED) is 0.888. The first-order valence-corrected chi connectivity index (χ1v) is 7.14. The number of alkyl halides is 2. The number of furan rings is 1. The molecule has 0 bridgehead atoms. The number of amides is 1. The number of carboxylic acids is 1. The van der Waals surface area contributed by atoms with E-state index in [1.165, 1.54) is 12.1 Å². The maximum absolute atomic E-state index is 12.2. The molecule has 1 aromatic heterocycles. The van der Waals surface area contributed by atoms with E-state index in [0.717, 1.165) is 4.90 Å². The molecule has 1 fully saturated rings. The van der Waals surface area contributed by atoms with Gasteiger partial charge in [0.15, 0.2) is 11.8 Å². The summed E-state index contributed by atoms with van der Waals surface area (Å²) in [5.74, 6) is -4.15. The van der Waals surface area contributed by atoms with Crippen molar-refractivity contribution in [2.75, 3.05) is 19.8 Å². The van der Waals surface area contributed by atoms with Crippen LogP contribution in [0.25, 0.3) is 0 Å². The van der Waals surface area contributed by atoms with E-state index in [4.69, 9.17) is 14.3 Å². The zero-order valence-electron chi connectivity index (χ0n) is 10.8. The first-order valence-electron chi connectivity index (χ1n) is 6.09. The fourth-order valence-electron chi connectivity index (χ4n) is 1.91. The van der Waals surface area contributed by atoms with Crippen LogP contribution in [0.15, 0.2) is 16.5 Å². The number of ether oxygens (including phenoxy) is 1. The number of carbonyl (C=O) groups excluding carboxylic acids is 1. The van der Waals surface area contributed by atoms with E-state index in [1.807, 2.05) is 0 Å². The van der Waals surface area contributed by atoms with Crippen LogP contribution in [0.2, 0.25) is 0 Å². The van der Waals surface area contributed by atoms with E-state index in [-0.39, 0.29) is 37.0 Å². The van der Waals surface area contributed by atoms with E-state index >= 15 is 0 Å². The van der Waals surface area contributed by atoms with Gasteiger partial charge in [-0.3, -0.25) is 4.79 Å². The highest BCUT2D eigenvalue weighted by Crippen LogP contribution is 2.22. The Labute approximate surface area is 123 Å². The second-order valence-corrected chi connectivity index (χ2v) is 5.24. The lowest BCUT2D eigenvalue weighted by molar-refractivity contribution is -0.147. The number of rotatable bonds is 5. The standard InChI is InChI=1S/C12H13F2NO5S/c13-12(14)21-6-7-1-2-9(20-7)10(16)15-3-4-19-5-8(15)11(17)18/h1-2,8,12H,3-6H2,(H,17,18). The van der Waals surface area contributed by atoms with E-state index in [2.05, 4.69) is 0 Å². The van der Waals surface area contributed by atoms with Gasteiger partial charge in [-0.25, -0.2) is 4.79 Å². The van der Waals surface area contributed by atoms with Gasteiger partial charge in [0.1, 0.15) is 5.76 Å². The summed E-state index contributed by atoms with van der Waals surface area (Å²) in [6, 6.07) is 1.71. The van der Waals surface area contributed by atoms with Gasteiger partial charge in [-0.15, -0.1) is 0 Å². The third-order valence-electron chi connectivity index (χ3n) is 2.90. The Hall–Kier alpha value is -1.61.